The highest BCUT2D eigenvalue weighted by Crippen LogP contribution is 2.45. The monoisotopic (exact) mass is 407 g/mol. The maximum Gasteiger partial charge on any atom is 0.234 e. The molecule has 0 radical (unpaired) electrons. The van der Waals surface area contributed by atoms with Gasteiger partial charge in [0.1, 0.15) is 5.82 Å². The molecule has 0 N–H and O–H groups in total. The van der Waals surface area contributed by atoms with Crippen molar-refractivity contribution in [3.05, 3.63) is 83.3 Å². The van der Waals surface area contributed by atoms with E-state index in [0.717, 1.165) is 25.7 Å². The molecule has 1 saturated carbocycles. The summed E-state index contributed by atoms with van der Waals surface area (Å²) in [5.41, 5.74) is 3.69. The number of benzene rings is 2. The predicted octanol–water partition coefficient (Wildman–Crippen LogP) is 5.76. The Balaban J connectivity index is 1.53. The van der Waals surface area contributed by atoms with Gasteiger partial charge in [0.15, 0.2) is 6.33 Å². The molecule has 0 spiro atoms. The maximum absolute atomic E-state index is 13.4. The number of hydrogen-bond donors (Lipinski definition) is 0. The molecule has 1 aliphatic rings. The molecule has 1 heterocycles. The molecule has 4 rings (SSSR count). The zero-order chi connectivity index (χ0) is 21.1. The molecular weight excluding hydrogens is 377 g/mol. The molecule has 0 aliphatic heterocycles. The highest BCUT2D eigenvalue weighted by atomic mass is 19.1. The number of aryl methyl sites for hydroxylation is 1. The van der Waals surface area contributed by atoms with Gasteiger partial charge in [-0.25, -0.2) is 4.39 Å². The fourth-order valence-electron chi connectivity index (χ4n) is 5.24. The standard InChI is InChI=1S/C25H30FN3O/c1-17-5-4-6-21(15-17)23(25-27-16-28-30-25)18-7-9-19(10-8-18)24(29(2)3)20-11-13-22(26)14-12-20/h4-6,11-16,18-19,23-24H,7-10H2,1-3H3. The second kappa shape index (κ2) is 9.09. The first kappa shape index (κ1) is 20.7. The average molecular weight is 408 g/mol. The van der Waals surface area contributed by atoms with E-state index >= 15 is 0 Å². The van der Waals surface area contributed by atoms with Crippen LogP contribution in [-0.4, -0.2) is 29.1 Å². The summed E-state index contributed by atoms with van der Waals surface area (Å²) < 4.78 is 19.0. The van der Waals surface area contributed by atoms with Crippen LogP contribution in [0.4, 0.5) is 4.39 Å². The van der Waals surface area contributed by atoms with E-state index in [9.17, 15) is 4.39 Å². The highest BCUT2D eigenvalue weighted by Gasteiger charge is 2.36. The molecule has 1 aliphatic carbocycles. The van der Waals surface area contributed by atoms with E-state index in [1.165, 1.54) is 23.0 Å². The van der Waals surface area contributed by atoms with Gasteiger partial charge >= 0.3 is 0 Å². The molecule has 5 heteroatoms. The molecule has 158 valence electrons. The Morgan fingerprint density at radius 1 is 0.967 bits per heavy atom. The lowest BCUT2D eigenvalue weighted by Gasteiger charge is -2.39. The molecular formula is C25H30FN3O. The van der Waals surface area contributed by atoms with Crippen LogP contribution in [0.25, 0.3) is 0 Å². The van der Waals surface area contributed by atoms with Crippen molar-refractivity contribution in [3.8, 4) is 0 Å². The number of halogens is 1. The van der Waals surface area contributed by atoms with Crippen molar-refractivity contribution in [1.82, 2.24) is 15.0 Å². The lowest BCUT2D eigenvalue weighted by Crippen LogP contribution is -2.31. The first-order valence-electron chi connectivity index (χ1n) is 10.8. The van der Waals surface area contributed by atoms with E-state index in [0.29, 0.717) is 23.8 Å². The van der Waals surface area contributed by atoms with Crippen LogP contribution in [0.2, 0.25) is 0 Å². The molecule has 3 aromatic rings. The summed E-state index contributed by atoms with van der Waals surface area (Å²) in [6, 6.07) is 15.9. The van der Waals surface area contributed by atoms with E-state index in [1.54, 1.807) is 12.1 Å². The van der Waals surface area contributed by atoms with E-state index in [-0.39, 0.29) is 11.7 Å². The van der Waals surface area contributed by atoms with Crippen LogP contribution in [0, 0.1) is 24.6 Å². The number of aromatic nitrogens is 2. The molecule has 2 atom stereocenters. The van der Waals surface area contributed by atoms with Gasteiger partial charge in [0.05, 0.1) is 5.92 Å². The minimum Gasteiger partial charge on any atom is -0.339 e. The third-order valence-corrected chi connectivity index (χ3v) is 6.55. The van der Waals surface area contributed by atoms with Crippen LogP contribution < -0.4 is 0 Å². The van der Waals surface area contributed by atoms with Gasteiger partial charge in [0.25, 0.3) is 0 Å². The number of rotatable bonds is 6. The molecule has 2 aromatic carbocycles. The van der Waals surface area contributed by atoms with Crippen LogP contribution in [0.1, 0.15) is 60.2 Å². The predicted molar refractivity (Wildman–Crippen MR) is 116 cm³/mol. The molecule has 1 fully saturated rings. The van der Waals surface area contributed by atoms with E-state index in [4.69, 9.17) is 4.52 Å². The van der Waals surface area contributed by atoms with E-state index in [2.05, 4.69) is 60.3 Å². The summed E-state index contributed by atoms with van der Waals surface area (Å²) in [7, 11) is 4.24. The molecule has 0 saturated heterocycles. The third-order valence-electron chi connectivity index (χ3n) is 6.55. The quantitative estimate of drug-likeness (QED) is 0.521. The fourth-order valence-corrected chi connectivity index (χ4v) is 5.24. The van der Waals surface area contributed by atoms with Crippen LogP contribution in [0.3, 0.4) is 0 Å². The first-order valence-corrected chi connectivity index (χ1v) is 10.8. The van der Waals surface area contributed by atoms with E-state index in [1.807, 2.05) is 12.1 Å². The lowest BCUT2D eigenvalue weighted by molar-refractivity contribution is 0.139. The van der Waals surface area contributed by atoms with Crippen molar-refractivity contribution in [1.29, 1.82) is 0 Å². The Morgan fingerprint density at radius 3 is 2.27 bits per heavy atom. The smallest absolute Gasteiger partial charge is 0.234 e. The van der Waals surface area contributed by atoms with Gasteiger partial charge < -0.3 is 9.42 Å². The van der Waals surface area contributed by atoms with Gasteiger partial charge in [0.2, 0.25) is 5.89 Å². The van der Waals surface area contributed by atoms with Crippen LogP contribution in [-0.2, 0) is 0 Å². The fraction of sp³-hybridized carbons (Fsp3) is 0.440. The maximum atomic E-state index is 13.4. The van der Waals surface area contributed by atoms with E-state index < -0.39 is 0 Å². The van der Waals surface area contributed by atoms with Gasteiger partial charge in [-0.2, -0.15) is 4.98 Å². The summed E-state index contributed by atoms with van der Waals surface area (Å²) in [5, 5.41) is 3.88. The molecule has 30 heavy (non-hydrogen) atoms. The van der Waals surface area contributed by atoms with Gasteiger partial charge in [0, 0.05) is 6.04 Å². The summed E-state index contributed by atoms with van der Waals surface area (Å²) in [6.45, 7) is 2.12. The molecule has 0 amide bonds. The Hall–Kier alpha value is -2.53. The second-order valence-electron chi connectivity index (χ2n) is 8.81. The molecule has 2 unspecified atom stereocenters. The van der Waals surface area contributed by atoms with Gasteiger partial charge in [-0.3, -0.25) is 0 Å². The van der Waals surface area contributed by atoms with Crippen LogP contribution >= 0.6 is 0 Å². The SMILES string of the molecule is Cc1cccc(C(c2ncno2)C2CCC(C(c3ccc(F)cc3)N(C)C)CC2)c1. The summed E-state index contributed by atoms with van der Waals surface area (Å²) >= 11 is 0. The Kier molecular flexibility index (Phi) is 6.28. The van der Waals surface area contributed by atoms with Crippen molar-refractivity contribution in [2.75, 3.05) is 14.1 Å². The summed E-state index contributed by atoms with van der Waals surface area (Å²) in [6.07, 6.45) is 5.97. The van der Waals surface area contributed by atoms with Gasteiger partial charge in [-0.1, -0.05) is 47.1 Å². The second-order valence-corrected chi connectivity index (χ2v) is 8.81. The normalized spacial score (nSPS) is 21.5. The van der Waals surface area contributed by atoms with Crippen molar-refractivity contribution in [2.45, 2.75) is 44.6 Å². The number of hydrogen-bond acceptors (Lipinski definition) is 4. The lowest BCUT2D eigenvalue weighted by atomic mass is 9.70. The minimum atomic E-state index is -0.180. The third kappa shape index (κ3) is 4.46. The van der Waals surface area contributed by atoms with Gasteiger partial charge in [-0.15, -0.1) is 0 Å². The Bertz CT molecular complexity index is 931. The van der Waals surface area contributed by atoms with Crippen molar-refractivity contribution in [3.63, 3.8) is 0 Å². The Morgan fingerprint density at radius 2 is 1.67 bits per heavy atom. The molecule has 4 nitrogen and oxygen atoms in total. The minimum absolute atomic E-state index is 0.136. The first-order chi connectivity index (χ1) is 14.5. The highest BCUT2D eigenvalue weighted by molar-refractivity contribution is 5.30. The van der Waals surface area contributed by atoms with Crippen molar-refractivity contribution >= 4 is 0 Å². The van der Waals surface area contributed by atoms with Crippen molar-refractivity contribution in [2.24, 2.45) is 11.8 Å². The Labute approximate surface area is 178 Å². The zero-order valence-corrected chi connectivity index (χ0v) is 18.0. The average Bonchev–Trinajstić information content (AvgIpc) is 3.25. The zero-order valence-electron chi connectivity index (χ0n) is 18.0. The van der Waals surface area contributed by atoms with Crippen LogP contribution in [0.5, 0.6) is 0 Å². The summed E-state index contributed by atoms with van der Waals surface area (Å²) in [4.78, 5) is 6.69. The summed E-state index contributed by atoms with van der Waals surface area (Å²) in [5.74, 6) is 1.69. The van der Waals surface area contributed by atoms with Gasteiger partial charge in [-0.05, 0) is 81.8 Å². The topological polar surface area (TPSA) is 42.2 Å². The molecule has 1 aromatic heterocycles. The number of nitrogens with zero attached hydrogens (tertiary/aromatic N) is 3. The largest absolute Gasteiger partial charge is 0.339 e. The van der Waals surface area contributed by atoms with Crippen molar-refractivity contribution < 1.29 is 8.91 Å². The van der Waals surface area contributed by atoms with Crippen LogP contribution in [0.15, 0.2) is 59.4 Å². The molecule has 0 bridgehead atoms.